The van der Waals surface area contributed by atoms with Crippen LogP contribution in [0.25, 0.3) is 22.2 Å². The van der Waals surface area contributed by atoms with Gasteiger partial charge in [-0.15, -0.1) is 5.10 Å². The van der Waals surface area contributed by atoms with Crippen LogP contribution in [0.3, 0.4) is 0 Å². The fraction of sp³-hybridized carbons (Fsp3) is 0.100. The molecule has 13 heteroatoms. The van der Waals surface area contributed by atoms with Crippen molar-refractivity contribution in [1.29, 1.82) is 0 Å². The second-order valence-electron chi connectivity index (χ2n) is 9.51. The maximum absolute atomic E-state index is 14.2. The monoisotopic (exact) mass is 572 g/mol. The molecule has 0 aliphatic carbocycles. The Morgan fingerprint density at radius 2 is 1.88 bits per heavy atom. The number of anilines is 1. The Labute approximate surface area is 243 Å². The zero-order valence-electron chi connectivity index (χ0n) is 22.8. The molecule has 0 saturated heterocycles. The number of amides is 1. The minimum Gasteiger partial charge on any atom is -0.381 e. The van der Waals surface area contributed by atoms with E-state index in [1.165, 1.54) is 21.5 Å². The van der Waals surface area contributed by atoms with Gasteiger partial charge in [0.05, 0.1) is 40.9 Å². The van der Waals surface area contributed by atoms with Crippen molar-refractivity contribution < 1.29 is 9.59 Å². The van der Waals surface area contributed by atoms with Crippen molar-refractivity contribution in [1.82, 2.24) is 39.2 Å². The molecule has 0 aliphatic rings. The maximum atomic E-state index is 14.2. The highest BCUT2D eigenvalue weighted by Crippen LogP contribution is 2.22. The van der Waals surface area contributed by atoms with Crippen LogP contribution in [0.4, 0.5) is 5.82 Å². The Bertz CT molecular complexity index is 2150. The molecule has 5 N–H and O–H groups in total. The van der Waals surface area contributed by atoms with Gasteiger partial charge in [-0.1, -0.05) is 36.1 Å². The first-order valence-electron chi connectivity index (χ1n) is 13.2. The molecule has 0 aliphatic heterocycles. The topological polar surface area (TPSA) is 181 Å². The number of fused-ring (bicyclic) bond motifs is 2. The summed E-state index contributed by atoms with van der Waals surface area (Å²) in [5.41, 5.74) is 13.4. The summed E-state index contributed by atoms with van der Waals surface area (Å²) in [6, 6.07) is 15.1. The molecule has 43 heavy (non-hydrogen) atoms. The molecular weight excluding hydrogens is 548 g/mol. The summed E-state index contributed by atoms with van der Waals surface area (Å²) in [6.07, 6.45) is 6.10. The van der Waals surface area contributed by atoms with E-state index < -0.39 is 11.9 Å². The summed E-state index contributed by atoms with van der Waals surface area (Å²) in [5.74, 6) is 5.41. The summed E-state index contributed by atoms with van der Waals surface area (Å²) in [5, 5.41) is 11.3. The van der Waals surface area contributed by atoms with Crippen LogP contribution in [-0.2, 0) is 0 Å². The normalized spacial score (nSPS) is 11.7. The first-order chi connectivity index (χ1) is 20.9. The molecule has 1 amide bonds. The summed E-state index contributed by atoms with van der Waals surface area (Å²) < 4.78 is 4.00. The smallest absolute Gasteiger partial charge is 0.267 e. The molecule has 4 heterocycles. The minimum atomic E-state index is -0.733. The van der Waals surface area contributed by atoms with Crippen LogP contribution >= 0.6 is 0 Å². The molecule has 212 valence electrons. The van der Waals surface area contributed by atoms with Crippen molar-refractivity contribution in [3.8, 4) is 17.5 Å². The molecule has 4 aromatic heterocycles. The van der Waals surface area contributed by atoms with Crippen LogP contribution in [-0.4, -0.2) is 52.3 Å². The maximum Gasteiger partial charge on any atom is 0.267 e. The fourth-order valence-electron chi connectivity index (χ4n) is 4.68. The van der Waals surface area contributed by atoms with Crippen molar-refractivity contribution in [2.24, 2.45) is 5.73 Å². The molecule has 1 atom stereocenters. The molecule has 0 unspecified atom stereocenters. The highest BCUT2D eigenvalue weighted by molar-refractivity contribution is 6.04. The number of carbonyl (C=O) groups is 2. The first kappa shape index (κ1) is 27.1. The number of rotatable bonds is 5. The Balaban J connectivity index is 1.45. The van der Waals surface area contributed by atoms with Crippen LogP contribution in [0.1, 0.15) is 45.1 Å². The van der Waals surface area contributed by atoms with E-state index in [2.05, 4.69) is 32.3 Å². The number of hydrogen-bond acceptors (Lipinski definition) is 9. The fourth-order valence-corrected chi connectivity index (χ4v) is 4.68. The van der Waals surface area contributed by atoms with E-state index in [0.29, 0.717) is 39.2 Å². The van der Waals surface area contributed by atoms with Crippen LogP contribution in [0.2, 0.25) is 0 Å². The van der Waals surface area contributed by atoms with Crippen LogP contribution in [0.5, 0.6) is 0 Å². The van der Waals surface area contributed by atoms with Gasteiger partial charge in [0, 0.05) is 24.2 Å². The van der Waals surface area contributed by atoms with Crippen LogP contribution < -0.4 is 22.3 Å². The summed E-state index contributed by atoms with van der Waals surface area (Å²) in [6.45, 7) is 1.54. The molecular formula is C30H24N10O3. The third-order valence-electron chi connectivity index (χ3n) is 6.68. The lowest BCUT2D eigenvalue weighted by Gasteiger charge is -2.20. The molecule has 0 radical (unpaired) electrons. The molecule has 0 saturated carbocycles. The van der Waals surface area contributed by atoms with Gasteiger partial charge in [-0.2, -0.15) is 5.10 Å². The van der Waals surface area contributed by atoms with Crippen molar-refractivity contribution in [2.75, 3.05) is 12.3 Å². The van der Waals surface area contributed by atoms with E-state index in [1.807, 2.05) is 6.07 Å². The number of nitrogens with two attached hydrogens (primary N) is 2. The number of hydrogen-bond donors (Lipinski definition) is 3. The SMILES string of the molecule is C[C@@H](NC(=O)c1c(N)nn2cccnc12)c1nc2cccc(C#Cc3cnn(C(=O)CN)c3)c2c(=O)n1-c1ccccc1. The number of benzene rings is 2. The Kier molecular flexibility index (Phi) is 6.94. The largest absolute Gasteiger partial charge is 0.381 e. The van der Waals surface area contributed by atoms with Crippen LogP contribution in [0, 0.1) is 11.8 Å². The Hall–Kier alpha value is -6.13. The van der Waals surface area contributed by atoms with E-state index in [1.54, 1.807) is 67.8 Å². The number of aromatic nitrogens is 7. The number of nitrogen functional groups attached to an aromatic ring is 1. The van der Waals surface area contributed by atoms with Crippen molar-refractivity contribution >= 4 is 34.2 Å². The van der Waals surface area contributed by atoms with Crippen molar-refractivity contribution in [3.63, 3.8) is 0 Å². The third kappa shape index (κ3) is 4.98. The summed E-state index contributed by atoms with van der Waals surface area (Å²) >= 11 is 0. The molecule has 6 rings (SSSR count). The van der Waals surface area contributed by atoms with Gasteiger partial charge in [0.1, 0.15) is 11.4 Å². The molecule has 6 aromatic rings. The second-order valence-corrected chi connectivity index (χ2v) is 9.51. The van der Waals surface area contributed by atoms with Gasteiger partial charge in [0.15, 0.2) is 11.5 Å². The minimum absolute atomic E-state index is 0.0245. The van der Waals surface area contributed by atoms with Gasteiger partial charge >= 0.3 is 0 Å². The van der Waals surface area contributed by atoms with Gasteiger partial charge in [0.25, 0.3) is 17.4 Å². The third-order valence-corrected chi connectivity index (χ3v) is 6.68. The average Bonchev–Trinajstić information content (AvgIpc) is 3.63. The van der Waals surface area contributed by atoms with Gasteiger partial charge in [0.2, 0.25) is 0 Å². The Morgan fingerprint density at radius 1 is 1.07 bits per heavy atom. The molecule has 0 spiro atoms. The van der Waals surface area contributed by atoms with E-state index in [9.17, 15) is 14.4 Å². The lowest BCUT2D eigenvalue weighted by Crippen LogP contribution is -2.33. The summed E-state index contributed by atoms with van der Waals surface area (Å²) in [4.78, 5) is 48.5. The molecule has 0 bridgehead atoms. The lowest BCUT2D eigenvalue weighted by atomic mass is 10.1. The summed E-state index contributed by atoms with van der Waals surface area (Å²) in [7, 11) is 0. The van der Waals surface area contributed by atoms with E-state index >= 15 is 0 Å². The average molecular weight is 573 g/mol. The highest BCUT2D eigenvalue weighted by Gasteiger charge is 2.24. The first-order valence-corrected chi connectivity index (χ1v) is 13.2. The van der Waals surface area contributed by atoms with Crippen LogP contribution in [0.15, 0.2) is 84.2 Å². The van der Waals surface area contributed by atoms with Crippen molar-refractivity contribution in [3.05, 3.63) is 112 Å². The van der Waals surface area contributed by atoms with E-state index in [4.69, 9.17) is 16.5 Å². The molecule has 0 fully saturated rings. The number of nitrogens with one attached hydrogen (secondary N) is 1. The zero-order chi connectivity index (χ0) is 30.1. The standard InChI is InChI=1S/C30H24N10O3/c1-18(35-29(42)25-26(32)37-38-14-6-13-33-28(25)38)27-36-22-10-5-7-20(12-11-19-16-34-39(17-19)23(41)15-31)24(22)30(43)40(27)21-8-3-2-4-9-21/h2-10,13-14,16-18H,15,31H2,1H3,(H2,32,37)(H,35,42)/t18-/m1/s1. The van der Waals surface area contributed by atoms with E-state index in [-0.39, 0.29) is 29.4 Å². The van der Waals surface area contributed by atoms with Gasteiger partial charge in [-0.05, 0) is 37.3 Å². The number of carbonyl (C=O) groups excluding carboxylic acids is 2. The predicted octanol–water partition coefficient (Wildman–Crippen LogP) is 1.70. The van der Waals surface area contributed by atoms with Gasteiger partial charge in [-0.25, -0.2) is 19.2 Å². The second kappa shape index (κ2) is 11.0. The highest BCUT2D eigenvalue weighted by atomic mass is 16.2. The van der Waals surface area contributed by atoms with Gasteiger partial charge < -0.3 is 16.8 Å². The number of para-hydroxylation sites is 1. The predicted molar refractivity (Wildman–Crippen MR) is 159 cm³/mol. The lowest BCUT2D eigenvalue weighted by molar-refractivity contribution is 0.0906. The van der Waals surface area contributed by atoms with E-state index in [0.717, 1.165) is 4.68 Å². The van der Waals surface area contributed by atoms with Gasteiger partial charge in [-0.3, -0.25) is 19.0 Å². The molecule has 13 nitrogen and oxygen atoms in total. The number of nitrogens with zero attached hydrogens (tertiary/aromatic N) is 7. The zero-order valence-corrected chi connectivity index (χ0v) is 22.8. The quantitative estimate of drug-likeness (QED) is 0.259. The Morgan fingerprint density at radius 3 is 2.67 bits per heavy atom. The molecule has 2 aromatic carbocycles. The van der Waals surface area contributed by atoms with Crippen molar-refractivity contribution in [2.45, 2.75) is 13.0 Å².